The molecule has 0 spiro atoms. The number of benzene rings is 1. The summed E-state index contributed by atoms with van der Waals surface area (Å²) in [6.45, 7) is -0.859. The molecule has 2 fully saturated rings. The fourth-order valence-electron chi connectivity index (χ4n) is 3.45. The minimum absolute atomic E-state index is 0.0426. The van der Waals surface area contributed by atoms with Crippen molar-refractivity contribution in [3.8, 4) is 5.75 Å². The summed E-state index contributed by atoms with van der Waals surface area (Å²) in [6, 6.07) is 3.95. The average Bonchev–Trinajstić information content (AvgIpc) is 3.29. The third kappa shape index (κ3) is 5.49. The number of nitrogen functional groups attached to an aromatic ring is 1. The fraction of sp³-hybridized carbons (Fsp3) is 0.421. The number of nitrogens with zero attached hydrogens (tertiary/aromatic N) is 2. The Morgan fingerprint density at radius 3 is 2.72 bits per heavy atom. The largest absolute Gasteiger partial charge is 0.464 e. The van der Waals surface area contributed by atoms with Crippen molar-refractivity contribution >= 4 is 42.7 Å². The second kappa shape index (κ2) is 10.2. The number of halogens is 4. The number of nitrogens with two attached hydrogens (primary N) is 1. The molecule has 0 aliphatic carbocycles. The van der Waals surface area contributed by atoms with E-state index in [2.05, 4.69) is 10.1 Å². The molecular weight excluding hydrogens is 552 g/mol. The van der Waals surface area contributed by atoms with Gasteiger partial charge in [-0.15, -0.1) is 0 Å². The van der Waals surface area contributed by atoms with Gasteiger partial charge in [-0.25, -0.2) is 9.36 Å². The van der Waals surface area contributed by atoms with Gasteiger partial charge in [-0.3, -0.25) is 13.9 Å². The quantitative estimate of drug-likeness (QED) is 0.314. The van der Waals surface area contributed by atoms with Gasteiger partial charge in [-0.2, -0.15) is 18.9 Å². The fourth-order valence-corrected chi connectivity index (χ4v) is 5.51. The van der Waals surface area contributed by atoms with Gasteiger partial charge in [0.2, 0.25) is 6.23 Å². The predicted octanol–water partition coefficient (Wildman–Crippen LogP) is 2.13. The van der Waals surface area contributed by atoms with E-state index in [9.17, 15) is 28.0 Å². The Kier molecular flexibility index (Phi) is 7.58. The molecule has 196 valence electrons. The summed E-state index contributed by atoms with van der Waals surface area (Å²) in [6.07, 6.45) is -5.45. The number of hydrogen-bond donors (Lipinski definition) is 3. The number of hydrogen-bond acceptors (Lipinski definition) is 10. The van der Waals surface area contributed by atoms with Crippen LogP contribution in [-0.4, -0.2) is 58.0 Å². The van der Waals surface area contributed by atoms with Crippen LogP contribution in [0.2, 0.25) is 10.0 Å². The lowest BCUT2D eigenvalue weighted by molar-refractivity contribution is -0.141. The molecule has 0 radical (unpaired) electrons. The molecule has 12 nitrogen and oxygen atoms in total. The van der Waals surface area contributed by atoms with Gasteiger partial charge < -0.3 is 24.8 Å². The molecule has 2 aliphatic heterocycles. The van der Waals surface area contributed by atoms with Crippen LogP contribution in [0.25, 0.3) is 0 Å². The summed E-state index contributed by atoms with van der Waals surface area (Å²) in [5.41, 5.74) is 4.24. The van der Waals surface area contributed by atoms with Crippen LogP contribution in [0.4, 0.5) is 14.6 Å². The highest BCUT2D eigenvalue weighted by atomic mass is 35.5. The van der Waals surface area contributed by atoms with Gasteiger partial charge in [-0.05, 0) is 24.3 Å². The number of cyclic esters (lactones) is 1. The molecule has 2 aromatic rings. The number of rotatable bonds is 8. The topological polar surface area (TPSA) is 164 Å². The molecule has 4 rings (SSSR count). The van der Waals surface area contributed by atoms with Crippen molar-refractivity contribution in [1.82, 2.24) is 14.6 Å². The van der Waals surface area contributed by atoms with Crippen LogP contribution in [-0.2, 0) is 23.4 Å². The number of alkyl halides is 2. The molecule has 1 aromatic carbocycles. The Balaban J connectivity index is 1.55. The molecule has 1 unspecified atom stereocenters. The Hall–Kier alpha value is -2.32. The molecular formula is C19H19Cl2F2N4O8P. The van der Waals surface area contributed by atoms with Crippen LogP contribution in [0.15, 0.2) is 35.3 Å². The zero-order chi connectivity index (χ0) is 26.3. The highest BCUT2D eigenvalue weighted by molar-refractivity contribution is 7.52. The first-order valence-corrected chi connectivity index (χ1v) is 12.6. The Labute approximate surface area is 211 Å². The number of anilines is 1. The van der Waals surface area contributed by atoms with Gasteiger partial charge >= 0.3 is 25.3 Å². The van der Waals surface area contributed by atoms with E-state index in [0.717, 1.165) is 12.3 Å². The lowest BCUT2D eigenvalue weighted by Gasteiger charge is -2.24. The maximum atomic E-state index is 14.8. The normalized spacial score (nSPS) is 27.0. The number of ether oxygens (including phenoxy) is 2. The van der Waals surface area contributed by atoms with Crippen LogP contribution in [0.1, 0.15) is 12.6 Å². The van der Waals surface area contributed by atoms with E-state index < -0.39 is 56.4 Å². The number of carbonyl (C=O) groups excluding carboxylic acids is 1. The van der Waals surface area contributed by atoms with E-state index in [0.29, 0.717) is 4.57 Å². The molecule has 36 heavy (non-hydrogen) atoms. The van der Waals surface area contributed by atoms with Crippen LogP contribution in [0.3, 0.4) is 0 Å². The molecule has 0 bridgehead atoms. The Morgan fingerprint density at radius 2 is 2.08 bits per heavy atom. The second-order valence-electron chi connectivity index (χ2n) is 7.79. The van der Waals surface area contributed by atoms with Crippen LogP contribution in [0.5, 0.6) is 5.75 Å². The summed E-state index contributed by atoms with van der Waals surface area (Å²) in [5, 5.41) is 12.8. The van der Waals surface area contributed by atoms with Crippen LogP contribution >= 0.6 is 30.9 Å². The van der Waals surface area contributed by atoms with Crippen molar-refractivity contribution < 1.29 is 41.8 Å². The van der Waals surface area contributed by atoms with Gasteiger partial charge in [0.05, 0.1) is 18.2 Å². The van der Waals surface area contributed by atoms with Gasteiger partial charge in [0.25, 0.3) is 0 Å². The molecule has 2 saturated heterocycles. The first-order chi connectivity index (χ1) is 16.9. The number of esters is 1. The van der Waals surface area contributed by atoms with Crippen molar-refractivity contribution in [1.29, 1.82) is 0 Å². The average molecular weight is 571 g/mol. The highest BCUT2D eigenvalue weighted by Crippen LogP contribution is 2.49. The number of aliphatic hydroxyl groups is 1. The van der Waals surface area contributed by atoms with E-state index in [4.69, 9.17) is 47.5 Å². The summed E-state index contributed by atoms with van der Waals surface area (Å²) >= 11 is 11.9. The first-order valence-electron chi connectivity index (χ1n) is 10.3. The van der Waals surface area contributed by atoms with Crippen molar-refractivity contribution in [2.24, 2.45) is 0 Å². The summed E-state index contributed by atoms with van der Waals surface area (Å²) in [4.78, 5) is 27.3. The standard InChI is InChI=1S/C19H19Cl2F2N4O8P/c20-9-1-2-12(10(21)7-9)35-36(31,26-11-4-6-32-16(11)29)33-8-13-15(28)19(22,23)17(34-13)27-5-3-14(24)25-18(27)30/h1-3,5,7,11,13,15,17,28H,4,6,8H2,(H,26,31)(H2,24,25,30)/t11?,13-,15-,17-,36+/m1/s1. The smallest absolute Gasteiger partial charge is 0.459 e. The zero-order valence-corrected chi connectivity index (χ0v) is 20.5. The van der Waals surface area contributed by atoms with E-state index in [1.54, 1.807) is 0 Å². The molecule has 17 heteroatoms. The third-order valence-corrected chi connectivity index (χ3v) is 7.34. The molecule has 0 amide bonds. The van der Waals surface area contributed by atoms with Crippen molar-refractivity contribution in [2.45, 2.75) is 36.8 Å². The number of aromatic nitrogens is 2. The van der Waals surface area contributed by atoms with E-state index in [1.165, 1.54) is 18.2 Å². The van der Waals surface area contributed by atoms with E-state index in [1.807, 2.05) is 0 Å². The molecule has 5 atom stereocenters. The maximum absolute atomic E-state index is 14.8. The molecule has 2 aliphatic rings. The maximum Gasteiger partial charge on any atom is 0.459 e. The van der Waals surface area contributed by atoms with Gasteiger partial charge in [0.1, 0.15) is 23.7 Å². The zero-order valence-electron chi connectivity index (χ0n) is 18.1. The number of carbonyl (C=O) groups is 1. The molecule has 3 heterocycles. The lowest BCUT2D eigenvalue weighted by atomic mass is 10.1. The summed E-state index contributed by atoms with van der Waals surface area (Å²) in [7, 11) is -4.51. The monoisotopic (exact) mass is 570 g/mol. The Morgan fingerprint density at radius 1 is 1.33 bits per heavy atom. The van der Waals surface area contributed by atoms with Gasteiger partial charge in [-0.1, -0.05) is 23.2 Å². The van der Waals surface area contributed by atoms with Gasteiger partial charge in [0, 0.05) is 17.6 Å². The molecule has 0 saturated carbocycles. The van der Waals surface area contributed by atoms with Crippen molar-refractivity contribution in [3.63, 3.8) is 0 Å². The number of nitrogens with one attached hydrogen (secondary N) is 1. The van der Waals surface area contributed by atoms with Crippen LogP contribution < -0.4 is 21.0 Å². The lowest BCUT2D eigenvalue weighted by Crippen LogP contribution is -2.42. The molecule has 4 N–H and O–H groups in total. The second-order valence-corrected chi connectivity index (χ2v) is 10.3. The van der Waals surface area contributed by atoms with E-state index >= 15 is 0 Å². The molecule has 1 aromatic heterocycles. The van der Waals surface area contributed by atoms with E-state index in [-0.39, 0.29) is 34.6 Å². The minimum atomic E-state index is -4.51. The first kappa shape index (κ1) is 26.7. The number of aliphatic hydroxyl groups excluding tert-OH is 1. The van der Waals surface area contributed by atoms with Crippen molar-refractivity contribution in [3.05, 3.63) is 51.0 Å². The third-order valence-electron chi connectivity index (χ3n) is 5.25. The van der Waals surface area contributed by atoms with Gasteiger partial charge in [0.15, 0.2) is 6.10 Å². The SMILES string of the molecule is Nc1ccn([C@@H]2O[C@H](CO[P@@](=O)(NC3CCOC3=O)Oc3ccc(Cl)cc3Cl)[C@@H](O)C2(F)F)c(=O)n1. The minimum Gasteiger partial charge on any atom is -0.464 e. The highest BCUT2D eigenvalue weighted by Gasteiger charge is 2.60. The predicted molar refractivity (Wildman–Crippen MR) is 121 cm³/mol. The summed E-state index contributed by atoms with van der Waals surface area (Å²) in [5.74, 6) is -5.06. The van der Waals surface area contributed by atoms with Crippen LogP contribution in [0, 0.1) is 0 Å². The summed E-state index contributed by atoms with van der Waals surface area (Å²) < 4.78 is 64.3. The van der Waals surface area contributed by atoms with Crippen molar-refractivity contribution in [2.75, 3.05) is 18.9 Å². The Bertz CT molecular complexity index is 1270.